The average Bonchev–Trinajstić information content (AvgIpc) is 3.43. The summed E-state index contributed by atoms with van der Waals surface area (Å²) in [4.78, 5) is 29.9. The van der Waals surface area contributed by atoms with Gasteiger partial charge in [0.05, 0.1) is 17.1 Å². The fourth-order valence-corrected chi connectivity index (χ4v) is 7.33. The Kier molecular flexibility index (Phi) is 9.06. The van der Waals surface area contributed by atoms with Crippen molar-refractivity contribution >= 4 is 21.4 Å². The highest BCUT2D eigenvalue weighted by Crippen LogP contribution is 2.32. The van der Waals surface area contributed by atoms with Gasteiger partial charge in [-0.1, -0.05) is 32.1 Å². The van der Waals surface area contributed by atoms with Crippen LogP contribution in [0.3, 0.4) is 0 Å². The zero-order valence-corrected chi connectivity index (χ0v) is 26.2. The molecule has 13 heteroatoms. The molecule has 45 heavy (non-hydrogen) atoms. The van der Waals surface area contributed by atoms with Crippen molar-refractivity contribution in [3.8, 4) is 11.4 Å². The van der Waals surface area contributed by atoms with Crippen molar-refractivity contribution in [3.05, 3.63) is 87.2 Å². The third-order valence-corrected chi connectivity index (χ3v) is 10.2. The summed E-state index contributed by atoms with van der Waals surface area (Å²) in [7, 11) is -3.89. The smallest absolute Gasteiger partial charge is 0.368 e. The summed E-state index contributed by atoms with van der Waals surface area (Å²) in [5, 5.41) is 8.06. The molecule has 2 aliphatic rings. The van der Waals surface area contributed by atoms with Crippen LogP contribution in [0.2, 0.25) is 0 Å². The van der Waals surface area contributed by atoms with Crippen molar-refractivity contribution in [1.29, 1.82) is 0 Å². The number of sulfonamides is 1. The summed E-state index contributed by atoms with van der Waals surface area (Å²) < 4.78 is 37.9. The van der Waals surface area contributed by atoms with Gasteiger partial charge in [0.2, 0.25) is 0 Å². The van der Waals surface area contributed by atoms with Crippen LogP contribution >= 0.6 is 0 Å². The zero-order chi connectivity index (χ0) is 31.4. The Hall–Kier alpha value is -4.39. The number of H-pyrrole nitrogens is 1. The number of aryl methyl sites for hydroxylation is 2. The number of rotatable bonds is 11. The van der Waals surface area contributed by atoms with E-state index in [0.717, 1.165) is 18.4 Å². The van der Waals surface area contributed by atoms with Gasteiger partial charge in [0.15, 0.2) is 0 Å². The second-order valence-electron chi connectivity index (χ2n) is 11.8. The van der Waals surface area contributed by atoms with E-state index in [1.165, 1.54) is 53.6 Å². The number of hydrogen-bond acceptors (Lipinski definition) is 8. The fraction of sp³-hybridized carbons (Fsp3) is 0.438. The number of anilines is 2. The highest BCUT2D eigenvalue weighted by atomic mass is 32.2. The van der Waals surface area contributed by atoms with Gasteiger partial charge in [-0.15, -0.1) is 0 Å². The maximum absolute atomic E-state index is 13.2. The molecule has 1 unspecified atom stereocenters. The lowest BCUT2D eigenvalue weighted by molar-refractivity contribution is 0.178. The van der Waals surface area contributed by atoms with E-state index in [2.05, 4.69) is 20.1 Å². The minimum atomic E-state index is -3.89. The van der Waals surface area contributed by atoms with E-state index in [4.69, 9.17) is 4.74 Å². The molecule has 2 aromatic carbocycles. The number of pyridine rings is 1. The largest absolute Gasteiger partial charge is 0.488 e. The number of nitrogens with one attached hydrogen (secondary N) is 2. The minimum Gasteiger partial charge on any atom is -0.488 e. The summed E-state index contributed by atoms with van der Waals surface area (Å²) >= 11 is 0. The quantitative estimate of drug-likeness (QED) is 0.251. The first-order valence-corrected chi connectivity index (χ1v) is 17.2. The van der Waals surface area contributed by atoms with Gasteiger partial charge in [-0.25, -0.2) is 13.2 Å². The number of aromatic nitrogens is 5. The van der Waals surface area contributed by atoms with Crippen molar-refractivity contribution in [1.82, 2.24) is 24.8 Å². The van der Waals surface area contributed by atoms with Crippen LogP contribution in [0.5, 0.6) is 5.75 Å². The number of tetrazole rings is 1. The first kappa shape index (κ1) is 30.6. The van der Waals surface area contributed by atoms with Crippen molar-refractivity contribution in [2.75, 3.05) is 22.7 Å². The normalized spacial score (nSPS) is 17.0. The standard InChI is InChI=1S/C32H39N7O5S/c1-2-37(29-9-6-19-33-31(29)40)22-27-14-10-24-21-25(11-17-30(24)44-27)34-45(42,43)28-15-12-26(13-16-28)39-32(41)38(35-36-39)20-18-23-7-4-3-5-8-23/h6,9,11-13,15-17,19,21,23,27,34H,2-5,7-8,10,14,18,20,22H2,1H3,(H,33,40). The highest BCUT2D eigenvalue weighted by molar-refractivity contribution is 7.92. The van der Waals surface area contributed by atoms with Gasteiger partial charge in [0.25, 0.3) is 15.6 Å². The lowest BCUT2D eigenvalue weighted by atomic mass is 9.87. The molecule has 12 nitrogen and oxygen atoms in total. The lowest BCUT2D eigenvalue weighted by Crippen LogP contribution is -2.39. The Balaban J connectivity index is 1.08. The number of hydrogen-bond donors (Lipinski definition) is 2. The Morgan fingerprint density at radius 2 is 1.82 bits per heavy atom. The molecule has 0 amide bonds. The van der Waals surface area contributed by atoms with Crippen LogP contribution < -0.4 is 25.6 Å². The number of nitrogens with zero attached hydrogens (tertiary/aromatic N) is 5. The average molecular weight is 634 g/mol. The van der Waals surface area contributed by atoms with Gasteiger partial charge < -0.3 is 14.6 Å². The highest BCUT2D eigenvalue weighted by Gasteiger charge is 2.24. The third-order valence-electron chi connectivity index (χ3n) is 8.79. The van der Waals surface area contributed by atoms with E-state index in [1.54, 1.807) is 48.7 Å². The molecule has 1 saturated carbocycles. The van der Waals surface area contributed by atoms with Crippen LogP contribution in [-0.4, -0.2) is 52.4 Å². The Morgan fingerprint density at radius 1 is 1.02 bits per heavy atom. The molecule has 0 bridgehead atoms. The topological polar surface area (TPSA) is 144 Å². The number of benzene rings is 2. The molecule has 238 valence electrons. The van der Waals surface area contributed by atoms with Crippen LogP contribution in [0.15, 0.2) is 75.3 Å². The van der Waals surface area contributed by atoms with Crippen LogP contribution in [-0.2, 0) is 23.0 Å². The number of ether oxygens (including phenoxy) is 1. The van der Waals surface area contributed by atoms with Crippen LogP contribution in [0.25, 0.3) is 5.69 Å². The van der Waals surface area contributed by atoms with E-state index in [-0.39, 0.29) is 22.2 Å². The second kappa shape index (κ2) is 13.3. The minimum absolute atomic E-state index is 0.0635. The third kappa shape index (κ3) is 6.98. The Morgan fingerprint density at radius 3 is 2.58 bits per heavy atom. The molecule has 6 rings (SSSR count). The summed E-state index contributed by atoms with van der Waals surface area (Å²) in [5.41, 5.74) is 1.92. The predicted molar refractivity (Wildman–Crippen MR) is 172 cm³/mol. The summed E-state index contributed by atoms with van der Waals surface area (Å²) in [6.07, 6.45) is 10.0. The first-order chi connectivity index (χ1) is 21.8. The maximum atomic E-state index is 13.2. The second-order valence-corrected chi connectivity index (χ2v) is 13.5. The van der Waals surface area contributed by atoms with Crippen molar-refractivity contribution in [2.45, 2.75) is 75.8 Å². The van der Waals surface area contributed by atoms with Crippen molar-refractivity contribution < 1.29 is 13.2 Å². The molecule has 4 aromatic rings. The summed E-state index contributed by atoms with van der Waals surface area (Å²) in [5.74, 6) is 1.32. The predicted octanol–water partition coefficient (Wildman–Crippen LogP) is 4.11. The van der Waals surface area contributed by atoms with Crippen molar-refractivity contribution in [2.24, 2.45) is 5.92 Å². The molecule has 0 saturated heterocycles. The Labute approximate surface area is 262 Å². The van der Waals surface area contributed by atoms with E-state index in [0.29, 0.717) is 54.8 Å². The van der Waals surface area contributed by atoms with E-state index >= 15 is 0 Å². The van der Waals surface area contributed by atoms with Crippen LogP contribution in [0.1, 0.15) is 57.4 Å². The van der Waals surface area contributed by atoms with Crippen LogP contribution in [0.4, 0.5) is 11.4 Å². The van der Waals surface area contributed by atoms with Gasteiger partial charge in [-0.2, -0.15) is 9.36 Å². The van der Waals surface area contributed by atoms with E-state index < -0.39 is 10.0 Å². The molecule has 2 aromatic heterocycles. The number of likely N-dealkylation sites (N-methyl/N-ethyl adjacent to an activating group) is 1. The molecule has 2 N–H and O–H groups in total. The molecular weight excluding hydrogens is 594 g/mol. The van der Waals surface area contributed by atoms with Gasteiger partial charge in [0.1, 0.15) is 17.5 Å². The van der Waals surface area contributed by atoms with Gasteiger partial charge in [-0.3, -0.25) is 9.52 Å². The Bertz CT molecular complexity index is 1840. The van der Waals surface area contributed by atoms with Crippen LogP contribution in [0, 0.1) is 5.92 Å². The van der Waals surface area contributed by atoms with E-state index in [1.807, 2.05) is 11.8 Å². The zero-order valence-electron chi connectivity index (χ0n) is 25.4. The molecule has 0 spiro atoms. The lowest BCUT2D eigenvalue weighted by Gasteiger charge is -2.31. The molecule has 1 aliphatic heterocycles. The van der Waals surface area contributed by atoms with E-state index in [9.17, 15) is 18.0 Å². The first-order valence-electron chi connectivity index (χ1n) is 15.7. The summed E-state index contributed by atoms with van der Waals surface area (Å²) in [6.45, 7) is 3.76. The van der Waals surface area contributed by atoms with Crippen molar-refractivity contribution in [3.63, 3.8) is 0 Å². The van der Waals surface area contributed by atoms with Gasteiger partial charge in [0, 0.05) is 25.0 Å². The van der Waals surface area contributed by atoms with Gasteiger partial charge in [-0.05, 0) is 103 Å². The monoisotopic (exact) mass is 633 g/mol. The fourth-order valence-electron chi connectivity index (χ4n) is 6.28. The molecular formula is C32H39N7O5S. The van der Waals surface area contributed by atoms with Gasteiger partial charge >= 0.3 is 5.69 Å². The molecule has 1 fully saturated rings. The molecule has 1 aliphatic carbocycles. The number of fused-ring (bicyclic) bond motifs is 1. The molecule has 0 radical (unpaired) electrons. The maximum Gasteiger partial charge on any atom is 0.368 e. The molecule has 1 atom stereocenters. The summed E-state index contributed by atoms with van der Waals surface area (Å²) in [6, 6.07) is 14.9. The molecule has 3 heterocycles. The SMILES string of the molecule is CCN(CC1CCc2cc(NS(=O)(=O)c3ccc(-n4nnn(CCC5CCCCC5)c4=O)cc3)ccc2O1)c1ccc[nH]c1=O. The number of aromatic amines is 1.